The number of amides is 1. The van der Waals surface area contributed by atoms with Gasteiger partial charge in [-0.2, -0.15) is 0 Å². The van der Waals surface area contributed by atoms with Gasteiger partial charge in [0.05, 0.1) is 6.04 Å². The molecule has 0 aromatic heterocycles. The SMILES string of the molecule is CN(C)CC1CCCN1C(=O)C(N)CCC(=O)O. The van der Waals surface area contributed by atoms with Gasteiger partial charge in [-0.05, 0) is 33.4 Å². The smallest absolute Gasteiger partial charge is 0.303 e. The minimum absolute atomic E-state index is 0.0565. The number of carboxylic acids is 1. The van der Waals surface area contributed by atoms with E-state index in [1.54, 1.807) is 0 Å². The van der Waals surface area contributed by atoms with Gasteiger partial charge in [-0.3, -0.25) is 9.59 Å². The number of aliphatic carboxylic acids is 1. The maximum atomic E-state index is 12.1. The summed E-state index contributed by atoms with van der Waals surface area (Å²) in [5.41, 5.74) is 5.77. The standard InChI is InChI=1S/C12H23N3O3/c1-14(2)8-9-4-3-7-15(9)12(18)10(13)5-6-11(16)17/h9-10H,3-8,13H2,1-2H3,(H,16,17). The van der Waals surface area contributed by atoms with Crippen LogP contribution in [0.3, 0.4) is 0 Å². The van der Waals surface area contributed by atoms with E-state index in [-0.39, 0.29) is 24.8 Å². The second kappa shape index (κ2) is 6.70. The number of hydrogen-bond acceptors (Lipinski definition) is 4. The van der Waals surface area contributed by atoms with Crippen LogP contribution in [-0.4, -0.2) is 66.1 Å². The molecule has 1 aliphatic heterocycles. The number of carbonyl (C=O) groups is 2. The largest absolute Gasteiger partial charge is 0.481 e. The van der Waals surface area contributed by atoms with E-state index in [4.69, 9.17) is 10.8 Å². The highest BCUT2D eigenvalue weighted by Gasteiger charge is 2.31. The Morgan fingerprint density at radius 1 is 1.50 bits per heavy atom. The lowest BCUT2D eigenvalue weighted by molar-refractivity contribution is -0.137. The fraction of sp³-hybridized carbons (Fsp3) is 0.833. The summed E-state index contributed by atoms with van der Waals surface area (Å²) in [6.07, 6.45) is 2.14. The Balaban J connectivity index is 2.51. The van der Waals surface area contributed by atoms with Gasteiger partial charge in [0, 0.05) is 25.6 Å². The molecule has 0 aliphatic carbocycles. The number of nitrogens with two attached hydrogens (primary N) is 1. The van der Waals surface area contributed by atoms with Crippen molar-refractivity contribution in [1.29, 1.82) is 0 Å². The summed E-state index contributed by atoms with van der Waals surface area (Å²) >= 11 is 0. The Morgan fingerprint density at radius 3 is 2.72 bits per heavy atom. The zero-order valence-electron chi connectivity index (χ0n) is 11.1. The van der Waals surface area contributed by atoms with Crippen molar-refractivity contribution in [1.82, 2.24) is 9.80 Å². The third-order valence-corrected chi connectivity index (χ3v) is 3.22. The summed E-state index contributed by atoms with van der Waals surface area (Å²) in [5, 5.41) is 8.59. The highest BCUT2D eigenvalue weighted by atomic mass is 16.4. The van der Waals surface area contributed by atoms with Gasteiger partial charge >= 0.3 is 5.97 Å². The monoisotopic (exact) mass is 257 g/mol. The number of carboxylic acid groups (broad SMARTS) is 1. The van der Waals surface area contributed by atoms with Crippen molar-refractivity contribution in [3.8, 4) is 0 Å². The topological polar surface area (TPSA) is 86.9 Å². The van der Waals surface area contributed by atoms with Crippen molar-refractivity contribution in [2.45, 2.75) is 37.8 Å². The van der Waals surface area contributed by atoms with Crippen molar-refractivity contribution >= 4 is 11.9 Å². The number of hydrogen-bond donors (Lipinski definition) is 2. The molecule has 2 atom stereocenters. The molecule has 1 rings (SSSR count). The Kier molecular flexibility index (Phi) is 5.55. The first-order valence-corrected chi connectivity index (χ1v) is 6.34. The molecule has 0 aromatic rings. The zero-order chi connectivity index (χ0) is 13.7. The number of rotatable bonds is 6. The van der Waals surface area contributed by atoms with Crippen molar-refractivity contribution in [3.63, 3.8) is 0 Å². The molecule has 6 nitrogen and oxygen atoms in total. The first-order valence-electron chi connectivity index (χ1n) is 6.34. The highest BCUT2D eigenvalue weighted by Crippen LogP contribution is 2.19. The molecule has 18 heavy (non-hydrogen) atoms. The molecule has 2 unspecified atom stereocenters. The predicted octanol–water partition coefficient (Wildman–Crippen LogP) is -0.269. The van der Waals surface area contributed by atoms with E-state index in [1.807, 2.05) is 19.0 Å². The van der Waals surface area contributed by atoms with E-state index in [1.165, 1.54) is 0 Å². The van der Waals surface area contributed by atoms with Crippen molar-refractivity contribution in [2.24, 2.45) is 5.73 Å². The van der Waals surface area contributed by atoms with Gasteiger partial charge in [0.2, 0.25) is 5.91 Å². The fourth-order valence-corrected chi connectivity index (χ4v) is 2.35. The average Bonchev–Trinajstić information content (AvgIpc) is 2.71. The summed E-state index contributed by atoms with van der Waals surface area (Å²) < 4.78 is 0. The molecule has 0 saturated carbocycles. The molecular formula is C12H23N3O3. The van der Waals surface area contributed by atoms with E-state index < -0.39 is 12.0 Å². The van der Waals surface area contributed by atoms with Crippen LogP contribution in [0, 0.1) is 0 Å². The van der Waals surface area contributed by atoms with Gasteiger partial charge in [0.25, 0.3) is 0 Å². The second-order valence-corrected chi connectivity index (χ2v) is 5.13. The summed E-state index contributed by atoms with van der Waals surface area (Å²) in [6.45, 7) is 1.56. The highest BCUT2D eigenvalue weighted by molar-refractivity contribution is 5.82. The fourth-order valence-electron chi connectivity index (χ4n) is 2.35. The van der Waals surface area contributed by atoms with E-state index in [2.05, 4.69) is 4.90 Å². The predicted molar refractivity (Wildman–Crippen MR) is 68.1 cm³/mol. The summed E-state index contributed by atoms with van der Waals surface area (Å²) in [7, 11) is 3.96. The Hall–Kier alpha value is -1.14. The van der Waals surface area contributed by atoms with Crippen molar-refractivity contribution in [3.05, 3.63) is 0 Å². The van der Waals surface area contributed by atoms with E-state index in [0.717, 1.165) is 25.9 Å². The number of likely N-dealkylation sites (N-methyl/N-ethyl adjacent to an activating group) is 1. The van der Waals surface area contributed by atoms with Crippen LogP contribution in [-0.2, 0) is 9.59 Å². The maximum absolute atomic E-state index is 12.1. The van der Waals surface area contributed by atoms with Gasteiger partial charge in [-0.15, -0.1) is 0 Å². The summed E-state index contributed by atoms with van der Waals surface area (Å²) in [4.78, 5) is 26.5. The molecule has 0 bridgehead atoms. The molecule has 6 heteroatoms. The minimum Gasteiger partial charge on any atom is -0.481 e. The molecule has 1 saturated heterocycles. The average molecular weight is 257 g/mol. The maximum Gasteiger partial charge on any atom is 0.303 e. The first kappa shape index (κ1) is 14.9. The lowest BCUT2D eigenvalue weighted by atomic mass is 10.1. The quantitative estimate of drug-likeness (QED) is 0.684. The van der Waals surface area contributed by atoms with Crippen LogP contribution < -0.4 is 5.73 Å². The lowest BCUT2D eigenvalue weighted by Gasteiger charge is -2.29. The molecule has 1 heterocycles. The third-order valence-electron chi connectivity index (χ3n) is 3.22. The molecule has 1 amide bonds. The normalized spacial score (nSPS) is 21.3. The Labute approximate surface area is 108 Å². The molecule has 3 N–H and O–H groups in total. The zero-order valence-corrected chi connectivity index (χ0v) is 11.1. The van der Waals surface area contributed by atoms with Crippen LogP contribution in [0.25, 0.3) is 0 Å². The molecule has 0 spiro atoms. The number of likely N-dealkylation sites (tertiary alicyclic amines) is 1. The Bertz CT molecular complexity index is 307. The molecular weight excluding hydrogens is 234 g/mol. The van der Waals surface area contributed by atoms with Crippen molar-refractivity contribution < 1.29 is 14.7 Å². The van der Waals surface area contributed by atoms with E-state index >= 15 is 0 Å². The number of carbonyl (C=O) groups excluding carboxylic acids is 1. The van der Waals surface area contributed by atoms with E-state index in [0.29, 0.717) is 0 Å². The number of nitrogens with zero attached hydrogens (tertiary/aromatic N) is 2. The molecule has 104 valence electrons. The van der Waals surface area contributed by atoms with Crippen LogP contribution in [0.15, 0.2) is 0 Å². The minimum atomic E-state index is -0.912. The second-order valence-electron chi connectivity index (χ2n) is 5.13. The van der Waals surface area contributed by atoms with Gasteiger partial charge in [-0.1, -0.05) is 0 Å². The van der Waals surface area contributed by atoms with Crippen molar-refractivity contribution in [2.75, 3.05) is 27.2 Å². The van der Waals surface area contributed by atoms with Gasteiger partial charge in [-0.25, -0.2) is 0 Å². The van der Waals surface area contributed by atoms with Crippen LogP contribution in [0.5, 0.6) is 0 Å². The summed E-state index contributed by atoms with van der Waals surface area (Å²) in [5.74, 6) is -1.02. The van der Waals surface area contributed by atoms with Gasteiger partial charge < -0.3 is 20.6 Å². The lowest BCUT2D eigenvalue weighted by Crippen LogP contribution is -2.48. The summed E-state index contributed by atoms with van der Waals surface area (Å²) in [6, 6.07) is -0.479. The molecule has 0 aromatic carbocycles. The van der Waals surface area contributed by atoms with Crippen LogP contribution in [0.4, 0.5) is 0 Å². The van der Waals surface area contributed by atoms with Gasteiger partial charge in [0.15, 0.2) is 0 Å². The van der Waals surface area contributed by atoms with Crippen LogP contribution >= 0.6 is 0 Å². The Morgan fingerprint density at radius 2 is 2.17 bits per heavy atom. The molecule has 1 fully saturated rings. The molecule has 1 aliphatic rings. The van der Waals surface area contributed by atoms with Crippen LogP contribution in [0.2, 0.25) is 0 Å². The van der Waals surface area contributed by atoms with Crippen LogP contribution in [0.1, 0.15) is 25.7 Å². The molecule has 0 radical (unpaired) electrons. The van der Waals surface area contributed by atoms with Gasteiger partial charge in [0.1, 0.15) is 0 Å². The van der Waals surface area contributed by atoms with E-state index in [9.17, 15) is 9.59 Å². The third kappa shape index (κ3) is 4.27. The first-order chi connectivity index (χ1) is 8.41.